The van der Waals surface area contributed by atoms with Gasteiger partial charge >= 0.3 is 12.0 Å². The van der Waals surface area contributed by atoms with Gasteiger partial charge in [0.05, 0.1) is 17.5 Å². The van der Waals surface area contributed by atoms with Crippen molar-refractivity contribution in [1.29, 1.82) is 0 Å². The normalized spacial score (nSPS) is 9.88. The number of urea groups is 1. The fraction of sp³-hybridized carbons (Fsp3) is 0.176. The van der Waals surface area contributed by atoms with Crippen LogP contribution in [0.1, 0.15) is 27.8 Å². The minimum atomic E-state index is -0.827. The van der Waals surface area contributed by atoms with Gasteiger partial charge in [0.1, 0.15) is 0 Å². The van der Waals surface area contributed by atoms with Crippen molar-refractivity contribution in [3.8, 4) is 0 Å². The quantitative estimate of drug-likeness (QED) is 0.672. The molecule has 0 aliphatic rings. The van der Waals surface area contributed by atoms with Gasteiger partial charge in [0.15, 0.2) is 12.4 Å². The molecule has 0 bridgehead atoms. The first-order chi connectivity index (χ1) is 12.5. The van der Waals surface area contributed by atoms with Crippen LogP contribution < -0.4 is 16.0 Å². The number of anilines is 1. The smallest absolute Gasteiger partial charge is 0.340 e. The number of hydrogen-bond donors (Lipinski definition) is 3. The Bertz CT molecular complexity index is 801. The molecule has 0 unspecified atom stereocenters. The number of nitrogens with one attached hydrogen (secondary N) is 3. The zero-order chi connectivity index (χ0) is 18.9. The predicted molar refractivity (Wildman–Crippen MR) is 90.6 cm³/mol. The number of rotatable bonds is 6. The van der Waals surface area contributed by atoms with Crippen LogP contribution in [-0.4, -0.2) is 37.0 Å². The van der Waals surface area contributed by atoms with Crippen LogP contribution in [0.3, 0.4) is 0 Å². The molecule has 9 heteroatoms. The highest BCUT2D eigenvalue weighted by Crippen LogP contribution is 2.17. The molecule has 0 fully saturated rings. The number of imide groups is 1. The van der Waals surface area contributed by atoms with Gasteiger partial charge in [-0.15, -0.1) is 0 Å². The number of carbonyl (C=O) groups is 4. The predicted octanol–water partition coefficient (Wildman–Crippen LogP) is 1.53. The Morgan fingerprint density at radius 3 is 2.54 bits per heavy atom. The molecular formula is C17H17N3O6. The molecule has 9 nitrogen and oxygen atoms in total. The lowest BCUT2D eigenvalue weighted by molar-refractivity contribution is -0.123. The van der Waals surface area contributed by atoms with Crippen LogP contribution in [0.5, 0.6) is 0 Å². The highest BCUT2D eigenvalue weighted by atomic mass is 16.5. The number of amides is 4. The Kier molecular flexibility index (Phi) is 6.49. The molecule has 1 heterocycles. The third-order valence-electron chi connectivity index (χ3n) is 3.06. The Hall–Kier alpha value is -3.62. The van der Waals surface area contributed by atoms with Crippen LogP contribution in [0.4, 0.5) is 10.5 Å². The summed E-state index contributed by atoms with van der Waals surface area (Å²) >= 11 is 0. The summed E-state index contributed by atoms with van der Waals surface area (Å²) in [6.45, 7) is 1.40. The maximum Gasteiger partial charge on any atom is 0.340 e. The minimum absolute atomic E-state index is 0.0539. The van der Waals surface area contributed by atoms with Crippen molar-refractivity contribution in [3.63, 3.8) is 0 Å². The molecule has 4 amide bonds. The van der Waals surface area contributed by atoms with Crippen molar-refractivity contribution in [2.45, 2.75) is 6.92 Å². The lowest BCUT2D eigenvalue weighted by Crippen LogP contribution is -2.41. The number of furan rings is 1. The number of para-hydroxylation sites is 1. The van der Waals surface area contributed by atoms with Gasteiger partial charge in [-0.2, -0.15) is 0 Å². The van der Waals surface area contributed by atoms with E-state index in [2.05, 4.69) is 10.6 Å². The minimum Gasteiger partial charge on any atom is -0.459 e. The summed E-state index contributed by atoms with van der Waals surface area (Å²) in [5, 5.41) is 6.91. The molecule has 0 spiro atoms. The van der Waals surface area contributed by atoms with E-state index in [9.17, 15) is 19.2 Å². The van der Waals surface area contributed by atoms with Crippen LogP contribution in [0.2, 0.25) is 0 Å². The van der Waals surface area contributed by atoms with Gasteiger partial charge < -0.3 is 19.8 Å². The average Bonchev–Trinajstić information content (AvgIpc) is 3.15. The SMILES string of the molecule is CCNC(=O)NC(=O)COC(=O)c1ccccc1NC(=O)c1ccco1. The Balaban J connectivity index is 1.97. The highest BCUT2D eigenvalue weighted by molar-refractivity contribution is 6.07. The van der Waals surface area contributed by atoms with Gasteiger partial charge in [-0.25, -0.2) is 9.59 Å². The number of carbonyl (C=O) groups excluding carboxylic acids is 4. The summed E-state index contributed by atoms with van der Waals surface area (Å²) < 4.78 is 9.86. The molecular weight excluding hydrogens is 342 g/mol. The van der Waals surface area contributed by atoms with Gasteiger partial charge in [-0.1, -0.05) is 12.1 Å². The van der Waals surface area contributed by atoms with E-state index < -0.39 is 30.4 Å². The van der Waals surface area contributed by atoms with E-state index in [1.54, 1.807) is 25.1 Å². The summed E-state index contributed by atoms with van der Waals surface area (Å²) in [6.07, 6.45) is 1.35. The van der Waals surface area contributed by atoms with Crippen molar-refractivity contribution in [2.24, 2.45) is 0 Å². The summed E-state index contributed by atoms with van der Waals surface area (Å²) in [5.41, 5.74) is 0.251. The maximum absolute atomic E-state index is 12.2. The highest BCUT2D eigenvalue weighted by Gasteiger charge is 2.18. The van der Waals surface area contributed by atoms with E-state index in [0.717, 1.165) is 0 Å². The zero-order valence-corrected chi connectivity index (χ0v) is 13.9. The molecule has 2 aromatic rings. The summed E-state index contributed by atoms with van der Waals surface area (Å²) in [5.74, 6) is -2.06. The molecule has 1 aromatic carbocycles. The Morgan fingerprint density at radius 2 is 1.85 bits per heavy atom. The number of ether oxygens (including phenoxy) is 1. The molecule has 136 valence electrons. The molecule has 0 saturated carbocycles. The average molecular weight is 359 g/mol. The first kappa shape index (κ1) is 18.7. The van der Waals surface area contributed by atoms with E-state index in [1.165, 1.54) is 24.5 Å². The maximum atomic E-state index is 12.2. The Labute approximate surface area is 148 Å². The van der Waals surface area contributed by atoms with E-state index in [0.29, 0.717) is 6.54 Å². The van der Waals surface area contributed by atoms with E-state index in [-0.39, 0.29) is 17.0 Å². The van der Waals surface area contributed by atoms with Crippen LogP contribution in [0, 0.1) is 0 Å². The molecule has 0 aliphatic heterocycles. The first-order valence-corrected chi connectivity index (χ1v) is 7.70. The second kappa shape index (κ2) is 9.02. The molecule has 26 heavy (non-hydrogen) atoms. The zero-order valence-electron chi connectivity index (χ0n) is 13.9. The van der Waals surface area contributed by atoms with Gasteiger partial charge in [-0.3, -0.25) is 14.9 Å². The van der Waals surface area contributed by atoms with Crippen LogP contribution in [-0.2, 0) is 9.53 Å². The molecule has 2 rings (SSSR count). The molecule has 0 atom stereocenters. The fourth-order valence-corrected chi connectivity index (χ4v) is 1.94. The fourth-order valence-electron chi connectivity index (χ4n) is 1.94. The Morgan fingerprint density at radius 1 is 1.08 bits per heavy atom. The summed E-state index contributed by atoms with van der Waals surface area (Å²) in [7, 11) is 0. The van der Waals surface area contributed by atoms with Gasteiger partial charge in [0.2, 0.25) is 0 Å². The molecule has 1 aromatic heterocycles. The largest absolute Gasteiger partial charge is 0.459 e. The summed E-state index contributed by atoms with van der Waals surface area (Å²) in [4.78, 5) is 47.0. The molecule has 0 radical (unpaired) electrons. The molecule has 0 aliphatic carbocycles. The lowest BCUT2D eigenvalue weighted by atomic mass is 10.1. The van der Waals surface area contributed by atoms with Crippen molar-refractivity contribution in [2.75, 3.05) is 18.5 Å². The van der Waals surface area contributed by atoms with Crippen LogP contribution in [0.15, 0.2) is 47.1 Å². The number of hydrogen-bond acceptors (Lipinski definition) is 6. The summed E-state index contributed by atoms with van der Waals surface area (Å²) in [6, 6.07) is 8.49. The first-order valence-electron chi connectivity index (χ1n) is 7.70. The van der Waals surface area contributed by atoms with Gasteiger partial charge in [-0.05, 0) is 31.2 Å². The number of esters is 1. The van der Waals surface area contributed by atoms with Gasteiger partial charge in [0, 0.05) is 6.54 Å². The van der Waals surface area contributed by atoms with Crippen molar-refractivity contribution in [1.82, 2.24) is 10.6 Å². The monoisotopic (exact) mass is 359 g/mol. The number of benzene rings is 1. The van der Waals surface area contributed by atoms with Crippen LogP contribution in [0.25, 0.3) is 0 Å². The van der Waals surface area contributed by atoms with Gasteiger partial charge in [0.25, 0.3) is 11.8 Å². The standard InChI is InChI=1S/C17H17N3O6/c1-2-18-17(24)20-14(21)10-26-16(23)11-6-3-4-7-12(11)19-15(22)13-8-5-9-25-13/h3-9H,2,10H2,1H3,(H,19,22)(H2,18,20,21,24). The molecule has 0 saturated heterocycles. The van der Waals surface area contributed by atoms with E-state index in [1.807, 2.05) is 5.32 Å². The van der Waals surface area contributed by atoms with Crippen molar-refractivity contribution in [3.05, 3.63) is 54.0 Å². The van der Waals surface area contributed by atoms with Crippen LogP contribution >= 0.6 is 0 Å². The third-order valence-corrected chi connectivity index (χ3v) is 3.06. The lowest BCUT2D eigenvalue weighted by Gasteiger charge is -2.10. The van der Waals surface area contributed by atoms with Crippen molar-refractivity contribution >= 4 is 29.5 Å². The molecule has 3 N–H and O–H groups in total. The topological polar surface area (TPSA) is 127 Å². The van der Waals surface area contributed by atoms with E-state index >= 15 is 0 Å². The second-order valence-corrected chi connectivity index (χ2v) is 4.96. The van der Waals surface area contributed by atoms with Crippen molar-refractivity contribution < 1.29 is 28.3 Å². The third kappa shape index (κ3) is 5.20. The van der Waals surface area contributed by atoms with E-state index in [4.69, 9.17) is 9.15 Å². The second-order valence-electron chi connectivity index (χ2n) is 4.96.